The second-order valence-electron chi connectivity index (χ2n) is 6.99. The van der Waals surface area contributed by atoms with E-state index in [1.165, 1.54) is 46.5 Å². The summed E-state index contributed by atoms with van der Waals surface area (Å²) in [6, 6.07) is 21.3. The molecule has 26 heavy (non-hydrogen) atoms. The molecular formula is C24H18N2. The van der Waals surface area contributed by atoms with Crippen molar-refractivity contribution < 1.29 is 0 Å². The first kappa shape index (κ1) is 15.1. The summed E-state index contributed by atoms with van der Waals surface area (Å²) in [6.45, 7) is 0. The summed E-state index contributed by atoms with van der Waals surface area (Å²) in [6.07, 6.45) is 6.60. The Morgan fingerprint density at radius 1 is 0.808 bits per heavy atom. The molecule has 0 aliphatic heterocycles. The first-order valence-corrected chi connectivity index (χ1v) is 9.18. The number of nitriles is 1. The van der Waals surface area contributed by atoms with Crippen LogP contribution in [0.1, 0.15) is 29.5 Å². The molecule has 1 heterocycles. The minimum Gasteiger partial charge on any atom is -0.255 e. The Morgan fingerprint density at radius 2 is 1.62 bits per heavy atom. The van der Waals surface area contributed by atoms with Crippen molar-refractivity contribution in [2.24, 2.45) is 0 Å². The van der Waals surface area contributed by atoms with E-state index in [9.17, 15) is 5.26 Å². The number of hydrogen-bond acceptors (Lipinski definition) is 2. The highest BCUT2D eigenvalue weighted by Gasteiger charge is 2.17. The Labute approximate surface area is 152 Å². The number of fused-ring (bicyclic) bond motifs is 5. The van der Waals surface area contributed by atoms with E-state index >= 15 is 0 Å². The van der Waals surface area contributed by atoms with Crippen molar-refractivity contribution in [3.63, 3.8) is 0 Å². The molecule has 2 heteroatoms. The van der Waals surface area contributed by atoms with Crippen molar-refractivity contribution in [1.29, 1.82) is 5.26 Å². The molecule has 0 spiro atoms. The molecule has 1 aromatic heterocycles. The van der Waals surface area contributed by atoms with Crippen LogP contribution in [-0.2, 0) is 12.8 Å². The molecule has 1 aliphatic carbocycles. The van der Waals surface area contributed by atoms with Crippen LogP contribution >= 0.6 is 0 Å². The van der Waals surface area contributed by atoms with Gasteiger partial charge in [0.15, 0.2) is 0 Å². The van der Waals surface area contributed by atoms with Gasteiger partial charge in [-0.25, -0.2) is 0 Å². The van der Waals surface area contributed by atoms with Crippen LogP contribution in [0.4, 0.5) is 0 Å². The number of rotatable bonds is 1. The molecule has 5 rings (SSSR count). The lowest BCUT2D eigenvalue weighted by Gasteiger charge is -2.20. The van der Waals surface area contributed by atoms with E-state index in [1.54, 1.807) is 6.20 Å². The van der Waals surface area contributed by atoms with Gasteiger partial charge in [0.1, 0.15) is 6.07 Å². The first-order valence-electron chi connectivity index (χ1n) is 9.18. The fourth-order valence-electron chi connectivity index (χ4n) is 4.34. The molecule has 0 unspecified atom stereocenters. The maximum Gasteiger partial charge on any atom is 0.101 e. The molecule has 0 saturated carbocycles. The lowest BCUT2D eigenvalue weighted by molar-refractivity contribution is 0.690. The van der Waals surface area contributed by atoms with Crippen molar-refractivity contribution in [3.8, 4) is 17.3 Å². The van der Waals surface area contributed by atoms with Crippen LogP contribution in [0.15, 0.2) is 60.8 Å². The minimum atomic E-state index is 0.627. The van der Waals surface area contributed by atoms with Crippen molar-refractivity contribution in [2.45, 2.75) is 25.7 Å². The van der Waals surface area contributed by atoms with Crippen LogP contribution in [0.3, 0.4) is 0 Å². The Morgan fingerprint density at radius 3 is 2.50 bits per heavy atom. The SMILES string of the molecule is N#Cc1cccnc1-c1cc2c3c(ccc2c2ccccc12)CCCC3. The van der Waals surface area contributed by atoms with Gasteiger partial charge >= 0.3 is 0 Å². The van der Waals surface area contributed by atoms with Gasteiger partial charge in [-0.15, -0.1) is 0 Å². The Hall–Kier alpha value is -3.18. The zero-order valence-corrected chi connectivity index (χ0v) is 14.5. The molecular weight excluding hydrogens is 316 g/mol. The number of nitrogens with zero attached hydrogens (tertiary/aromatic N) is 2. The van der Waals surface area contributed by atoms with Crippen LogP contribution in [-0.4, -0.2) is 4.98 Å². The second kappa shape index (κ2) is 5.97. The highest BCUT2D eigenvalue weighted by Crippen LogP contribution is 2.38. The van der Waals surface area contributed by atoms with E-state index in [1.807, 2.05) is 12.1 Å². The Kier molecular flexibility index (Phi) is 3.47. The molecule has 124 valence electrons. The number of pyridine rings is 1. The molecule has 0 saturated heterocycles. The Bertz CT molecular complexity index is 1200. The van der Waals surface area contributed by atoms with Crippen LogP contribution in [0.5, 0.6) is 0 Å². The summed E-state index contributed by atoms with van der Waals surface area (Å²) >= 11 is 0. The van der Waals surface area contributed by atoms with Crippen molar-refractivity contribution in [2.75, 3.05) is 0 Å². The summed E-state index contributed by atoms with van der Waals surface area (Å²) < 4.78 is 0. The standard InChI is InChI=1S/C24H18N2/c25-15-17-7-5-13-26-24(17)23-14-22-18-8-2-1-6-16(18)11-12-21(22)19-9-3-4-10-20(19)23/h3-5,7,9-14H,1-2,6,8H2. The van der Waals surface area contributed by atoms with Gasteiger partial charge in [0, 0.05) is 11.8 Å². The predicted molar refractivity (Wildman–Crippen MR) is 106 cm³/mol. The van der Waals surface area contributed by atoms with E-state index in [2.05, 4.69) is 53.5 Å². The molecule has 0 N–H and O–H groups in total. The zero-order chi connectivity index (χ0) is 17.5. The van der Waals surface area contributed by atoms with Gasteiger partial charge < -0.3 is 0 Å². The number of benzene rings is 3. The molecule has 0 atom stereocenters. The van der Waals surface area contributed by atoms with Crippen molar-refractivity contribution in [1.82, 2.24) is 4.98 Å². The molecule has 0 amide bonds. The molecule has 3 aromatic carbocycles. The van der Waals surface area contributed by atoms with Crippen molar-refractivity contribution >= 4 is 21.5 Å². The van der Waals surface area contributed by atoms with Crippen LogP contribution in [0, 0.1) is 11.3 Å². The average molecular weight is 334 g/mol. The molecule has 0 bridgehead atoms. The van der Waals surface area contributed by atoms with E-state index in [0.29, 0.717) is 5.56 Å². The fourth-order valence-corrected chi connectivity index (χ4v) is 4.34. The zero-order valence-electron chi connectivity index (χ0n) is 14.5. The third-order valence-electron chi connectivity index (χ3n) is 5.56. The van der Waals surface area contributed by atoms with Gasteiger partial charge in [-0.3, -0.25) is 4.98 Å². The summed E-state index contributed by atoms with van der Waals surface area (Å²) in [5, 5.41) is 14.6. The maximum atomic E-state index is 9.57. The van der Waals surface area contributed by atoms with E-state index in [4.69, 9.17) is 0 Å². The number of aryl methyl sites for hydroxylation is 2. The first-order chi connectivity index (χ1) is 12.9. The second-order valence-corrected chi connectivity index (χ2v) is 6.99. The van der Waals surface area contributed by atoms with Crippen LogP contribution < -0.4 is 0 Å². The third-order valence-corrected chi connectivity index (χ3v) is 5.56. The van der Waals surface area contributed by atoms with E-state index in [0.717, 1.165) is 23.1 Å². The fraction of sp³-hybridized carbons (Fsp3) is 0.167. The van der Waals surface area contributed by atoms with Gasteiger partial charge in [0.2, 0.25) is 0 Å². The van der Waals surface area contributed by atoms with E-state index in [-0.39, 0.29) is 0 Å². The molecule has 0 radical (unpaired) electrons. The summed E-state index contributed by atoms with van der Waals surface area (Å²) in [7, 11) is 0. The largest absolute Gasteiger partial charge is 0.255 e. The summed E-state index contributed by atoms with van der Waals surface area (Å²) in [4.78, 5) is 4.57. The lowest BCUT2D eigenvalue weighted by atomic mass is 9.85. The normalized spacial score (nSPS) is 13.5. The van der Waals surface area contributed by atoms with E-state index < -0.39 is 0 Å². The average Bonchev–Trinajstić information content (AvgIpc) is 2.73. The van der Waals surface area contributed by atoms with Gasteiger partial charge in [-0.2, -0.15) is 5.26 Å². The molecule has 0 fully saturated rings. The summed E-state index contributed by atoms with van der Waals surface area (Å²) in [5.41, 5.74) is 5.43. The minimum absolute atomic E-state index is 0.627. The maximum absolute atomic E-state index is 9.57. The summed E-state index contributed by atoms with van der Waals surface area (Å²) in [5.74, 6) is 0. The molecule has 1 aliphatic rings. The van der Waals surface area contributed by atoms with Gasteiger partial charge in [-0.05, 0) is 76.6 Å². The Balaban J connectivity index is 1.95. The smallest absolute Gasteiger partial charge is 0.101 e. The van der Waals surface area contributed by atoms with Gasteiger partial charge in [-0.1, -0.05) is 36.4 Å². The highest BCUT2D eigenvalue weighted by molar-refractivity contribution is 6.14. The number of hydrogen-bond donors (Lipinski definition) is 0. The topological polar surface area (TPSA) is 36.7 Å². The monoisotopic (exact) mass is 334 g/mol. The van der Waals surface area contributed by atoms with Crippen LogP contribution in [0.2, 0.25) is 0 Å². The quantitative estimate of drug-likeness (QED) is 0.412. The van der Waals surface area contributed by atoms with Crippen LogP contribution in [0.25, 0.3) is 32.8 Å². The molecule has 4 aromatic rings. The number of aromatic nitrogens is 1. The molecule has 2 nitrogen and oxygen atoms in total. The van der Waals surface area contributed by atoms with Crippen molar-refractivity contribution in [3.05, 3.63) is 77.5 Å². The predicted octanol–water partition coefficient (Wildman–Crippen LogP) is 5.81. The van der Waals surface area contributed by atoms with Gasteiger partial charge in [0.05, 0.1) is 11.3 Å². The third kappa shape index (κ3) is 2.21. The van der Waals surface area contributed by atoms with Gasteiger partial charge in [0.25, 0.3) is 0 Å². The lowest BCUT2D eigenvalue weighted by Crippen LogP contribution is -2.03. The highest BCUT2D eigenvalue weighted by atomic mass is 14.7.